The molecule has 0 atom stereocenters. The second-order valence-corrected chi connectivity index (χ2v) is 5.70. The summed E-state index contributed by atoms with van der Waals surface area (Å²) < 4.78 is 5.74. The summed E-state index contributed by atoms with van der Waals surface area (Å²) in [5.74, 6) is 2.08. The summed E-state index contributed by atoms with van der Waals surface area (Å²) in [6, 6.07) is 4.80. The number of hydrogen-bond acceptors (Lipinski definition) is 3. The first-order valence-corrected chi connectivity index (χ1v) is 6.59. The Morgan fingerprint density at radius 3 is 2.65 bits per heavy atom. The molecule has 0 spiro atoms. The lowest BCUT2D eigenvalue weighted by molar-refractivity contribution is 0.316. The van der Waals surface area contributed by atoms with E-state index in [1.807, 2.05) is 13.0 Å². The van der Waals surface area contributed by atoms with Gasteiger partial charge in [-0.05, 0) is 45.0 Å². The second kappa shape index (κ2) is 5.23. The van der Waals surface area contributed by atoms with Gasteiger partial charge in [0.2, 0.25) is 0 Å². The summed E-state index contributed by atoms with van der Waals surface area (Å²) in [5, 5.41) is 7.06. The molecule has 1 aliphatic heterocycles. The van der Waals surface area contributed by atoms with Crippen molar-refractivity contribution in [3.63, 3.8) is 0 Å². The van der Waals surface area contributed by atoms with E-state index in [-0.39, 0.29) is 5.41 Å². The number of piperidine rings is 1. The van der Waals surface area contributed by atoms with Crippen LogP contribution in [0.5, 0.6) is 0 Å². The van der Waals surface area contributed by atoms with E-state index in [2.05, 4.69) is 30.5 Å². The Balaban J connectivity index is 1.88. The van der Waals surface area contributed by atoms with Gasteiger partial charge in [0.15, 0.2) is 0 Å². The minimum absolute atomic E-state index is 0.0686. The third-order valence-electron chi connectivity index (χ3n) is 3.58. The third kappa shape index (κ3) is 3.33. The van der Waals surface area contributed by atoms with Gasteiger partial charge in [0.1, 0.15) is 11.5 Å². The zero-order valence-electron chi connectivity index (χ0n) is 11.2. The molecule has 3 heteroatoms. The van der Waals surface area contributed by atoms with Crippen molar-refractivity contribution in [1.82, 2.24) is 10.6 Å². The monoisotopic (exact) mass is 236 g/mol. The van der Waals surface area contributed by atoms with Crippen LogP contribution in [0.2, 0.25) is 0 Å². The maximum Gasteiger partial charge on any atom is 0.111 e. The van der Waals surface area contributed by atoms with Crippen LogP contribution in [0.25, 0.3) is 0 Å². The maximum atomic E-state index is 5.74. The SMILES string of the molecule is Cc1ccc(C(C)(C)CNC2CCNCC2)o1. The summed E-state index contributed by atoms with van der Waals surface area (Å²) in [6.07, 6.45) is 2.46. The molecule has 2 heterocycles. The zero-order chi connectivity index (χ0) is 12.3. The van der Waals surface area contributed by atoms with E-state index in [0.29, 0.717) is 6.04 Å². The smallest absolute Gasteiger partial charge is 0.111 e. The summed E-state index contributed by atoms with van der Waals surface area (Å²) in [5.41, 5.74) is 0.0686. The van der Waals surface area contributed by atoms with Crippen molar-refractivity contribution in [2.45, 2.75) is 45.1 Å². The lowest BCUT2D eigenvalue weighted by atomic mass is 9.89. The number of furan rings is 1. The highest BCUT2D eigenvalue weighted by atomic mass is 16.3. The summed E-state index contributed by atoms with van der Waals surface area (Å²) in [6.45, 7) is 9.72. The number of aryl methyl sites for hydroxylation is 1. The first-order valence-electron chi connectivity index (χ1n) is 6.59. The van der Waals surface area contributed by atoms with Crippen LogP contribution in [-0.4, -0.2) is 25.7 Å². The normalized spacial score (nSPS) is 18.5. The first-order chi connectivity index (χ1) is 8.08. The van der Waals surface area contributed by atoms with Crippen LogP contribution in [0.1, 0.15) is 38.2 Å². The Morgan fingerprint density at radius 1 is 1.35 bits per heavy atom. The highest BCUT2D eigenvalue weighted by Crippen LogP contribution is 2.24. The maximum absolute atomic E-state index is 5.74. The van der Waals surface area contributed by atoms with Crippen LogP contribution < -0.4 is 10.6 Å². The number of nitrogens with one attached hydrogen (secondary N) is 2. The van der Waals surface area contributed by atoms with Crippen LogP contribution in [0.3, 0.4) is 0 Å². The third-order valence-corrected chi connectivity index (χ3v) is 3.58. The van der Waals surface area contributed by atoms with E-state index in [0.717, 1.165) is 31.2 Å². The second-order valence-electron chi connectivity index (χ2n) is 5.70. The predicted octanol–water partition coefficient (Wildman–Crippen LogP) is 2.21. The number of hydrogen-bond donors (Lipinski definition) is 2. The van der Waals surface area contributed by atoms with E-state index in [4.69, 9.17) is 4.42 Å². The van der Waals surface area contributed by atoms with E-state index in [1.54, 1.807) is 0 Å². The van der Waals surface area contributed by atoms with Gasteiger partial charge >= 0.3 is 0 Å². The zero-order valence-corrected chi connectivity index (χ0v) is 11.2. The number of rotatable bonds is 4. The topological polar surface area (TPSA) is 37.2 Å². The van der Waals surface area contributed by atoms with Crippen molar-refractivity contribution < 1.29 is 4.42 Å². The largest absolute Gasteiger partial charge is 0.466 e. The van der Waals surface area contributed by atoms with Gasteiger partial charge in [0, 0.05) is 18.0 Å². The Morgan fingerprint density at radius 2 is 2.06 bits per heavy atom. The molecule has 2 N–H and O–H groups in total. The van der Waals surface area contributed by atoms with Gasteiger partial charge in [0.25, 0.3) is 0 Å². The van der Waals surface area contributed by atoms with Gasteiger partial charge in [-0.15, -0.1) is 0 Å². The van der Waals surface area contributed by atoms with Crippen molar-refractivity contribution >= 4 is 0 Å². The van der Waals surface area contributed by atoms with Crippen LogP contribution in [0.4, 0.5) is 0 Å². The molecule has 1 aromatic rings. The minimum Gasteiger partial charge on any atom is -0.466 e. The Kier molecular flexibility index (Phi) is 3.89. The quantitative estimate of drug-likeness (QED) is 0.841. The molecule has 1 aliphatic rings. The van der Waals surface area contributed by atoms with E-state index < -0.39 is 0 Å². The fourth-order valence-corrected chi connectivity index (χ4v) is 2.31. The molecule has 0 radical (unpaired) electrons. The molecule has 0 unspecified atom stereocenters. The van der Waals surface area contributed by atoms with Crippen molar-refractivity contribution in [2.75, 3.05) is 19.6 Å². The van der Waals surface area contributed by atoms with Crippen LogP contribution >= 0.6 is 0 Å². The average molecular weight is 236 g/mol. The Hall–Kier alpha value is -0.800. The average Bonchev–Trinajstić information content (AvgIpc) is 2.76. The Bertz CT molecular complexity index is 351. The van der Waals surface area contributed by atoms with Crippen molar-refractivity contribution in [2.24, 2.45) is 0 Å². The molecule has 0 aromatic carbocycles. The molecule has 1 aromatic heterocycles. The van der Waals surface area contributed by atoms with E-state index >= 15 is 0 Å². The van der Waals surface area contributed by atoms with Gasteiger partial charge in [-0.25, -0.2) is 0 Å². The van der Waals surface area contributed by atoms with Gasteiger partial charge in [-0.2, -0.15) is 0 Å². The first kappa shape index (κ1) is 12.7. The van der Waals surface area contributed by atoms with Gasteiger partial charge in [-0.3, -0.25) is 0 Å². The fraction of sp³-hybridized carbons (Fsp3) is 0.714. The lowest BCUT2D eigenvalue weighted by Crippen LogP contribution is -2.44. The van der Waals surface area contributed by atoms with Crippen molar-refractivity contribution in [1.29, 1.82) is 0 Å². The molecule has 3 nitrogen and oxygen atoms in total. The highest BCUT2D eigenvalue weighted by molar-refractivity contribution is 5.15. The molecule has 1 saturated heterocycles. The molecule has 1 fully saturated rings. The molecule has 0 bridgehead atoms. The van der Waals surface area contributed by atoms with Gasteiger partial charge in [-0.1, -0.05) is 13.8 Å². The van der Waals surface area contributed by atoms with Crippen molar-refractivity contribution in [3.8, 4) is 0 Å². The summed E-state index contributed by atoms with van der Waals surface area (Å²) in [7, 11) is 0. The molecule has 96 valence electrons. The van der Waals surface area contributed by atoms with Crippen LogP contribution in [0, 0.1) is 6.92 Å². The molecule has 2 rings (SSSR count). The summed E-state index contributed by atoms with van der Waals surface area (Å²) in [4.78, 5) is 0. The molecule has 0 saturated carbocycles. The van der Waals surface area contributed by atoms with Crippen LogP contribution in [0.15, 0.2) is 16.5 Å². The molecule has 0 aliphatic carbocycles. The Labute approximate surface area is 104 Å². The van der Waals surface area contributed by atoms with E-state index in [9.17, 15) is 0 Å². The molecule has 0 amide bonds. The summed E-state index contributed by atoms with van der Waals surface area (Å²) >= 11 is 0. The fourth-order valence-electron chi connectivity index (χ4n) is 2.31. The predicted molar refractivity (Wildman–Crippen MR) is 70.4 cm³/mol. The molecular weight excluding hydrogens is 212 g/mol. The minimum atomic E-state index is 0.0686. The highest BCUT2D eigenvalue weighted by Gasteiger charge is 2.25. The van der Waals surface area contributed by atoms with Gasteiger partial charge in [0.05, 0.1) is 0 Å². The molecular formula is C14H24N2O. The standard InChI is InChI=1S/C14H24N2O/c1-11-4-5-13(17-11)14(2,3)10-16-12-6-8-15-9-7-12/h4-5,12,15-16H,6-10H2,1-3H3. The van der Waals surface area contributed by atoms with Gasteiger partial charge < -0.3 is 15.1 Å². The van der Waals surface area contributed by atoms with E-state index in [1.165, 1.54) is 12.8 Å². The molecule has 17 heavy (non-hydrogen) atoms. The van der Waals surface area contributed by atoms with Crippen molar-refractivity contribution in [3.05, 3.63) is 23.7 Å². The van der Waals surface area contributed by atoms with Crippen LogP contribution in [-0.2, 0) is 5.41 Å². The lowest BCUT2D eigenvalue weighted by Gasteiger charge is -2.29.